The van der Waals surface area contributed by atoms with Gasteiger partial charge in [0.1, 0.15) is 5.15 Å². The average Bonchev–Trinajstić information content (AvgIpc) is 2.67. The van der Waals surface area contributed by atoms with Gasteiger partial charge in [-0.15, -0.1) is 0 Å². The lowest BCUT2D eigenvalue weighted by atomic mass is 9.78. The SMILES string of the molecule is NC(=O)c1cc(C(F)(F)F)cc(C2CCC(CNc3ccc(Cl)nc3)CC2)c1Cl. The molecule has 29 heavy (non-hydrogen) atoms. The summed E-state index contributed by atoms with van der Waals surface area (Å²) in [5, 5.41) is 3.75. The molecule has 1 aliphatic carbocycles. The van der Waals surface area contributed by atoms with Crippen LogP contribution in [0, 0.1) is 5.92 Å². The van der Waals surface area contributed by atoms with Crippen molar-refractivity contribution in [2.24, 2.45) is 11.7 Å². The maximum Gasteiger partial charge on any atom is 0.416 e. The second-order valence-corrected chi connectivity index (χ2v) is 8.02. The Morgan fingerprint density at radius 2 is 1.86 bits per heavy atom. The minimum atomic E-state index is -4.57. The normalized spacial score (nSPS) is 19.8. The van der Waals surface area contributed by atoms with Crippen LogP contribution in [-0.4, -0.2) is 17.4 Å². The second-order valence-electron chi connectivity index (χ2n) is 7.26. The Bertz CT molecular complexity index is 880. The zero-order valence-electron chi connectivity index (χ0n) is 15.4. The highest BCUT2D eigenvalue weighted by Gasteiger charge is 2.34. The Kier molecular flexibility index (Phi) is 6.58. The topological polar surface area (TPSA) is 68.0 Å². The minimum absolute atomic E-state index is 0.0271. The van der Waals surface area contributed by atoms with Crippen molar-refractivity contribution in [3.63, 3.8) is 0 Å². The van der Waals surface area contributed by atoms with Crippen LogP contribution >= 0.6 is 23.2 Å². The van der Waals surface area contributed by atoms with Gasteiger partial charge in [-0.2, -0.15) is 13.2 Å². The molecule has 0 unspecified atom stereocenters. The highest BCUT2D eigenvalue weighted by atomic mass is 35.5. The summed E-state index contributed by atoms with van der Waals surface area (Å²) in [5.74, 6) is -0.727. The molecule has 1 aromatic carbocycles. The van der Waals surface area contributed by atoms with Crippen LogP contribution in [0.15, 0.2) is 30.5 Å². The first-order chi connectivity index (χ1) is 13.6. The molecule has 4 nitrogen and oxygen atoms in total. The van der Waals surface area contributed by atoms with Gasteiger partial charge in [0.15, 0.2) is 0 Å². The third kappa shape index (κ3) is 5.34. The molecule has 1 saturated carbocycles. The number of nitrogens with zero attached hydrogens (tertiary/aromatic N) is 1. The lowest BCUT2D eigenvalue weighted by molar-refractivity contribution is -0.137. The van der Waals surface area contributed by atoms with E-state index in [1.165, 1.54) is 0 Å². The number of carbonyl (C=O) groups is 1. The number of primary amides is 1. The number of pyridine rings is 1. The molecule has 0 aliphatic heterocycles. The maximum absolute atomic E-state index is 13.2. The number of carbonyl (C=O) groups excluding carboxylic acids is 1. The van der Waals surface area contributed by atoms with Crippen LogP contribution in [0.2, 0.25) is 10.2 Å². The quantitative estimate of drug-likeness (QED) is 0.563. The third-order valence-electron chi connectivity index (χ3n) is 5.30. The standard InChI is InChI=1S/C20H20Cl2F3N3O/c21-17-6-5-14(10-28-17)27-9-11-1-3-12(4-2-11)15-7-13(20(23,24)25)8-16(18(15)22)19(26)29/h5-8,10-12,27H,1-4,9H2,(H2,26,29). The van der Waals surface area contributed by atoms with Crippen LogP contribution in [0.1, 0.15) is 53.1 Å². The number of nitrogens with one attached hydrogen (secondary N) is 1. The van der Waals surface area contributed by atoms with Crippen LogP contribution in [-0.2, 0) is 6.18 Å². The molecule has 1 amide bonds. The van der Waals surface area contributed by atoms with Crippen molar-refractivity contribution in [2.45, 2.75) is 37.8 Å². The van der Waals surface area contributed by atoms with Gasteiger partial charge in [-0.3, -0.25) is 4.79 Å². The number of hydrogen-bond acceptors (Lipinski definition) is 3. The summed E-state index contributed by atoms with van der Waals surface area (Å²) in [6.45, 7) is 0.735. The number of benzene rings is 1. The molecule has 1 aromatic heterocycles. The molecule has 0 atom stereocenters. The summed E-state index contributed by atoms with van der Waals surface area (Å²) < 4.78 is 39.7. The zero-order chi connectivity index (χ0) is 21.2. The van der Waals surface area contributed by atoms with Crippen LogP contribution < -0.4 is 11.1 Å². The second kappa shape index (κ2) is 8.79. The first-order valence-electron chi connectivity index (χ1n) is 9.21. The third-order valence-corrected chi connectivity index (χ3v) is 5.95. The molecule has 9 heteroatoms. The molecule has 0 saturated heterocycles. The van der Waals surface area contributed by atoms with Gasteiger partial charge in [-0.25, -0.2) is 4.98 Å². The van der Waals surface area contributed by atoms with Gasteiger partial charge in [0.05, 0.1) is 28.0 Å². The van der Waals surface area contributed by atoms with Crippen molar-refractivity contribution in [1.82, 2.24) is 4.98 Å². The van der Waals surface area contributed by atoms with Gasteiger partial charge in [0.25, 0.3) is 0 Å². The van der Waals surface area contributed by atoms with E-state index in [4.69, 9.17) is 28.9 Å². The minimum Gasteiger partial charge on any atom is -0.384 e. The molecular weight excluding hydrogens is 426 g/mol. The van der Waals surface area contributed by atoms with Gasteiger partial charge < -0.3 is 11.1 Å². The molecule has 2 aromatic rings. The van der Waals surface area contributed by atoms with E-state index < -0.39 is 17.6 Å². The Morgan fingerprint density at radius 3 is 2.41 bits per heavy atom. The van der Waals surface area contributed by atoms with Gasteiger partial charge >= 0.3 is 6.18 Å². The van der Waals surface area contributed by atoms with Crippen molar-refractivity contribution in [3.05, 3.63) is 57.3 Å². The number of hydrogen-bond donors (Lipinski definition) is 2. The van der Waals surface area contributed by atoms with Gasteiger partial charge in [-0.1, -0.05) is 23.2 Å². The molecule has 3 rings (SSSR count). The van der Waals surface area contributed by atoms with E-state index in [1.807, 2.05) is 6.07 Å². The Morgan fingerprint density at radius 1 is 1.17 bits per heavy atom. The predicted molar refractivity (Wildman–Crippen MR) is 107 cm³/mol. The number of amides is 1. The van der Waals surface area contributed by atoms with Crippen LogP contribution in [0.25, 0.3) is 0 Å². The summed E-state index contributed by atoms with van der Waals surface area (Å²) in [6.07, 6.45) is 0.113. The smallest absolute Gasteiger partial charge is 0.384 e. The monoisotopic (exact) mass is 445 g/mol. The van der Waals surface area contributed by atoms with E-state index in [9.17, 15) is 18.0 Å². The number of halogens is 5. The number of anilines is 1. The molecule has 0 spiro atoms. The van der Waals surface area contributed by atoms with Crippen LogP contribution in [0.4, 0.5) is 18.9 Å². The highest BCUT2D eigenvalue weighted by molar-refractivity contribution is 6.34. The lowest BCUT2D eigenvalue weighted by Crippen LogP contribution is -2.22. The summed E-state index contributed by atoms with van der Waals surface area (Å²) in [7, 11) is 0. The van der Waals surface area contributed by atoms with E-state index in [1.54, 1.807) is 12.3 Å². The average molecular weight is 446 g/mol. The van der Waals surface area contributed by atoms with E-state index in [0.29, 0.717) is 29.5 Å². The highest BCUT2D eigenvalue weighted by Crippen LogP contribution is 2.42. The Balaban J connectivity index is 1.69. The van der Waals surface area contributed by atoms with Gasteiger partial charge in [0, 0.05) is 6.54 Å². The van der Waals surface area contributed by atoms with E-state index >= 15 is 0 Å². The number of alkyl halides is 3. The van der Waals surface area contributed by atoms with Crippen molar-refractivity contribution < 1.29 is 18.0 Å². The largest absolute Gasteiger partial charge is 0.416 e. The fourth-order valence-corrected chi connectivity index (χ4v) is 4.18. The van der Waals surface area contributed by atoms with Gasteiger partial charge in [0.2, 0.25) is 5.91 Å². The Hall–Kier alpha value is -1.99. The fraction of sp³-hybridized carbons (Fsp3) is 0.400. The molecule has 1 heterocycles. The Labute approximate surface area is 176 Å². The number of aromatic nitrogens is 1. The maximum atomic E-state index is 13.2. The first kappa shape index (κ1) is 21.7. The van der Waals surface area contributed by atoms with E-state index in [-0.39, 0.29) is 16.5 Å². The summed E-state index contributed by atoms with van der Waals surface area (Å²) in [6, 6.07) is 5.32. The predicted octanol–water partition coefficient (Wildman–Crippen LogP) is 5.89. The van der Waals surface area contributed by atoms with Crippen LogP contribution in [0.3, 0.4) is 0 Å². The number of rotatable bonds is 5. The van der Waals surface area contributed by atoms with Crippen molar-refractivity contribution in [2.75, 3.05) is 11.9 Å². The molecular formula is C20H20Cl2F3N3O. The van der Waals surface area contributed by atoms with E-state index in [2.05, 4.69) is 10.3 Å². The number of nitrogens with two attached hydrogens (primary N) is 1. The molecule has 1 fully saturated rings. The molecule has 1 aliphatic rings. The van der Waals surface area contributed by atoms with Crippen molar-refractivity contribution in [3.8, 4) is 0 Å². The molecule has 0 bridgehead atoms. The van der Waals surface area contributed by atoms with E-state index in [0.717, 1.165) is 37.2 Å². The first-order valence-corrected chi connectivity index (χ1v) is 9.96. The lowest BCUT2D eigenvalue weighted by Gasteiger charge is -2.30. The van der Waals surface area contributed by atoms with Crippen LogP contribution in [0.5, 0.6) is 0 Å². The summed E-state index contributed by atoms with van der Waals surface area (Å²) in [4.78, 5) is 15.6. The van der Waals surface area contributed by atoms with Crippen molar-refractivity contribution >= 4 is 34.8 Å². The van der Waals surface area contributed by atoms with Gasteiger partial charge in [-0.05, 0) is 67.3 Å². The molecule has 3 N–H and O–H groups in total. The fourth-order valence-electron chi connectivity index (χ4n) is 3.71. The summed E-state index contributed by atoms with van der Waals surface area (Å²) in [5.41, 5.74) is 5.27. The summed E-state index contributed by atoms with van der Waals surface area (Å²) >= 11 is 12.0. The van der Waals surface area contributed by atoms with Crippen molar-refractivity contribution in [1.29, 1.82) is 0 Å². The molecule has 0 radical (unpaired) electrons. The zero-order valence-corrected chi connectivity index (χ0v) is 16.9. The molecule has 156 valence electrons.